The Morgan fingerprint density at radius 3 is 2.35 bits per heavy atom. The van der Waals surface area contributed by atoms with Crippen LogP contribution >= 0.6 is 0 Å². The third-order valence-electron chi connectivity index (χ3n) is 4.02. The molecule has 1 saturated carbocycles. The molecule has 0 heterocycles. The minimum Gasteiger partial charge on any atom is -0.481 e. The van der Waals surface area contributed by atoms with Gasteiger partial charge in [-0.1, -0.05) is 6.42 Å². The normalized spacial score (nSPS) is 26.6. The van der Waals surface area contributed by atoms with Crippen molar-refractivity contribution < 1.29 is 27.9 Å². The van der Waals surface area contributed by atoms with Crippen LogP contribution in [0.2, 0.25) is 0 Å². The maximum Gasteiger partial charge on any atom is 0.391 e. The third-order valence-corrected chi connectivity index (χ3v) is 4.02. The van der Waals surface area contributed by atoms with Gasteiger partial charge in [0.2, 0.25) is 5.91 Å². The highest BCUT2D eigenvalue weighted by atomic mass is 19.4. The van der Waals surface area contributed by atoms with Crippen molar-refractivity contribution in [1.82, 2.24) is 5.32 Å². The highest BCUT2D eigenvalue weighted by molar-refractivity contribution is 5.80. The molecule has 0 bridgehead atoms. The van der Waals surface area contributed by atoms with E-state index in [2.05, 4.69) is 5.32 Å². The summed E-state index contributed by atoms with van der Waals surface area (Å²) in [5.74, 6) is -4.41. The number of rotatable bonds is 4. The van der Waals surface area contributed by atoms with Gasteiger partial charge >= 0.3 is 12.1 Å². The average molecular weight is 295 g/mol. The van der Waals surface area contributed by atoms with E-state index in [0.29, 0.717) is 12.8 Å². The van der Waals surface area contributed by atoms with Crippen molar-refractivity contribution in [2.45, 2.75) is 51.7 Å². The molecule has 7 heteroatoms. The second-order valence-corrected chi connectivity index (χ2v) is 5.53. The van der Waals surface area contributed by atoms with Gasteiger partial charge in [0.1, 0.15) is 0 Å². The van der Waals surface area contributed by atoms with E-state index >= 15 is 0 Å². The largest absolute Gasteiger partial charge is 0.481 e. The summed E-state index contributed by atoms with van der Waals surface area (Å²) in [6, 6.07) is -0.605. The topological polar surface area (TPSA) is 66.4 Å². The van der Waals surface area contributed by atoms with E-state index in [9.17, 15) is 22.8 Å². The average Bonchev–Trinajstić information content (AvgIpc) is 2.36. The fourth-order valence-electron chi connectivity index (χ4n) is 2.41. The Kier molecular flexibility index (Phi) is 5.42. The first-order chi connectivity index (χ1) is 9.12. The summed E-state index contributed by atoms with van der Waals surface area (Å²) < 4.78 is 38.0. The summed E-state index contributed by atoms with van der Waals surface area (Å²) in [5.41, 5.74) is 0. The Labute approximate surface area is 115 Å². The Morgan fingerprint density at radius 1 is 1.25 bits per heavy atom. The van der Waals surface area contributed by atoms with Gasteiger partial charge in [0.05, 0.1) is 11.8 Å². The lowest BCUT2D eigenvalue weighted by Crippen LogP contribution is -2.44. The van der Waals surface area contributed by atoms with Crippen LogP contribution in [0.4, 0.5) is 13.2 Å². The Bertz CT molecular complexity index is 370. The summed E-state index contributed by atoms with van der Waals surface area (Å²) in [4.78, 5) is 22.7. The number of hydrogen-bond acceptors (Lipinski definition) is 2. The van der Waals surface area contributed by atoms with Crippen molar-refractivity contribution in [2.75, 3.05) is 0 Å². The Hall–Kier alpha value is -1.27. The first-order valence-electron chi connectivity index (χ1n) is 6.72. The smallest absolute Gasteiger partial charge is 0.391 e. The number of amides is 1. The summed E-state index contributed by atoms with van der Waals surface area (Å²) in [5, 5.41) is 11.3. The SMILES string of the molecule is CC(NC(=O)C1CCCC(C(F)(F)F)C1)C(C)C(=O)O. The van der Waals surface area contributed by atoms with Crippen LogP contribution in [0.3, 0.4) is 0 Å². The molecule has 1 amide bonds. The number of aliphatic carboxylic acids is 1. The van der Waals surface area contributed by atoms with E-state index in [-0.39, 0.29) is 12.8 Å². The van der Waals surface area contributed by atoms with Crippen LogP contribution in [0, 0.1) is 17.8 Å². The third kappa shape index (κ3) is 4.38. The quantitative estimate of drug-likeness (QED) is 0.837. The van der Waals surface area contributed by atoms with Crippen molar-refractivity contribution in [3.8, 4) is 0 Å². The van der Waals surface area contributed by atoms with Crippen molar-refractivity contribution >= 4 is 11.9 Å². The van der Waals surface area contributed by atoms with Crippen LogP contribution in [-0.2, 0) is 9.59 Å². The number of carbonyl (C=O) groups is 2. The number of alkyl halides is 3. The van der Waals surface area contributed by atoms with E-state index in [1.165, 1.54) is 6.92 Å². The maximum atomic E-state index is 12.7. The predicted molar refractivity (Wildman–Crippen MR) is 65.9 cm³/mol. The minimum absolute atomic E-state index is 0.0639. The van der Waals surface area contributed by atoms with Crippen molar-refractivity contribution in [3.05, 3.63) is 0 Å². The molecule has 1 aliphatic rings. The molecule has 1 aliphatic carbocycles. The van der Waals surface area contributed by atoms with E-state index in [1.54, 1.807) is 6.92 Å². The van der Waals surface area contributed by atoms with E-state index in [1.807, 2.05) is 0 Å². The molecule has 0 spiro atoms. The number of carboxylic acids is 1. The first kappa shape index (κ1) is 16.8. The standard InChI is InChI=1S/C13H20F3NO3/c1-7(12(19)20)8(2)17-11(18)9-4-3-5-10(6-9)13(14,15)16/h7-10H,3-6H2,1-2H3,(H,17,18)(H,19,20). The molecule has 4 nitrogen and oxygen atoms in total. The number of hydrogen-bond donors (Lipinski definition) is 2. The number of nitrogens with one attached hydrogen (secondary N) is 1. The second kappa shape index (κ2) is 6.45. The lowest BCUT2D eigenvalue weighted by atomic mass is 9.80. The van der Waals surface area contributed by atoms with Crippen LogP contribution in [0.1, 0.15) is 39.5 Å². The van der Waals surface area contributed by atoms with Crippen molar-refractivity contribution in [3.63, 3.8) is 0 Å². The zero-order valence-electron chi connectivity index (χ0n) is 11.5. The molecule has 0 aromatic rings. The zero-order chi connectivity index (χ0) is 15.5. The van der Waals surface area contributed by atoms with Gasteiger partial charge < -0.3 is 10.4 Å². The van der Waals surface area contributed by atoms with Crippen molar-refractivity contribution in [2.24, 2.45) is 17.8 Å². The maximum absolute atomic E-state index is 12.7. The lowest BCUT2D eigenvalue weighted by Gasteiger charge is -2.30. The molecule has 0 aliphatic heterocycles. The van der Waals surface area contributed by atoms with Crippen LogP contribution < -0.4 is 5.32 Å². The second-order valence-electron chi connectivity index (χ2n) is 5.53. The molecular weight excluding hydrogens is 275 g/mol. The Morgan fingerprint density at radius 2 is 1.85 bits per heavy atom. The monoisotopic (exact) mass is 295 g/mol. The minimum atomic E-state index is -4.26. The van der Waals surface area contributed by atoms with E-state index < -0.39 is 41.8 Å². The van der Waals surface area contributed by atoms with Gasteiger partial charge in [-0.15, -0.1) is 0 Å². The molecule has 116 valence electrons. The molecule has 0 aromatic carbocycles. The lowest BCUT2D eigenvalue weighted by molar-refractivity contribution is -0.186. The molecule has 0 saturated heterocycles. The fraction of sp³-hybridized carbons (Fsp3) is 0.846. The molecule has 4 atom stereocenters. The van der Waals surface area contributed by atoms with Gasteiger partial charge in [0.25, 0.3) is 0 Å². The van der Waals surface area contributed by atoms with Gasteiger partial charge in [0, 0.05) is 12.0 Å². The molecule has 0 aromatic heterocycles. The van der Waals surface area contributed by atoms with Crippen LogP contribution in [0.15, 0.2) is 0 Å². The predicted octanol–water partition coefficient (Wildman–Crippen LogP) is 2.58. The fourth-order valence-corrected chi connectivity index (χ4v) is 2.41. The van der Waals surface area contributed by atoms with Crippen LogP contribution in [-0.4, -0.2) is 29.2 Å². The summed E-state index contributed by atoms with van der Waals surface area (Å²) in [6.07, 6.45) is -3.62. The van der Waals surface area contributed by atoms with Crippen LogP contribution in [0.5, 0.6) is 0 Å². The Balaban J connectivity index is 2.57. The van der Waals surface area contributed by atoms with Gasteiger partial charge in [-0.05, 0) is 33.1 Å². The highest BCUT2D eigenvalue weighted by Crippen LogP contribution is 2.39. The number of carboxylic acid groups (broad SMARTS) is 1. The van der Waals surface area contributed by atoms with E-state index in [4.69, 9.17) is 5.11 Å². The summed E-state index contributed by atoms with van der Waals surface area (Å²) in [7, 11) is 0. The molecule has 20 heavy (non-hydrogen) atoms. The molecule has 0 radical (unpaired) electrons. The molecular formula is C13H20F3NO3. The van der Waals surface area contributed by atoms with Crippen LogP contribution in [0.25, 0.3) is 0 Å². The number of carbonyl (C=O) groups excluding carboxylic acids is 1. The molecule has 2 N–H and O–H groups in total. The van der Waals surface area contributed by atoms with Crippen molar-refractivity contribution in [1.29, 1.82) is 0 Å². The highest BCUT2D eigenvalue weighted by Gasteiger charge is 2.43. The van der Waals surface area contributed by atoms with Gasteiger partial charge in [-0.3, -0.25) is 9.59 Å². The van der Waals surface area contributed by atoms with E-state index in [0.717, 1.165) is 0 Å². The van der Waals surface area contributed by atoms with Gasteiger partial charge in [-0.25, -0.2) is 0 Å². The molecule has 1 rings (SSSR count). The summed E-state index contributed by atoms with van der Waals surface area (Å²) >= 11 is 0. The summed E-state index contributed by atoms with van der Waals surface area (Å²) in [6.45, 7) is 2.99. The molecule has 1 fully saturated rings. The van der Waals surface area contributed by atoms with Gasteiger partial charge in [-0.2, -0.15) is 13.2 Å². The number of halogens is 3. The first-order valence-corrected chi connectivity index (χ1v) is 6.72. The zero-order valence-corrected chi connectivity index (χ0v) is 11.5. The molecule has 4 unspecified atom stereocenters. The van der Waals surface area contributed by atoms with Gasteiger partial charge in [0.15, 0.2) is 0 Å².